The molecule has 1 fully saturated rings. The summed E-state index contributed by atoms with van der Waals surface area (Å²) in [5.74, 6) is 1.01. The standard InChI is InChI=1S/C10H15N3O.2ClH/c11-8-9-2-1-3-12-10(9)13-4-6-14-7-5-13;;/h1-3H,4-8,11H2;2*1H. The van der Waals surface area contributed by atoms with E-state index in [0.29, 0.717) is 6.54 Å². The fourth-order valence-electron chi connectivity index (χ4n) is 1.65. The Labute approximate surface area is 108 Å². The Hall–Kier alpha value is -0.550. The molecule has 0 bridgehead atoms. The number of nitrogens with zero attached hydrogens (tertiary/aromatic N) is 2. The van der Waals surface area contributed by atoms with Crippen LogP contribution in [-0.2, 0) is 11.3 Å². The quantitative estimate of drug-likeness (QED) is 0.874. The van der Waals surface area contributed by atoms with Crippen LogP contribution in [0.1, 0.15) is 5.56 Å². The number of ether oxygens (including phenoxy) is 1. The van der Waals surface area contributed by atoms with E-state index in [0.717, 1.165) is 37.7 Å². The molecule has 6 heteroatoms. The van der Waals surface area contributed by atoms with Crippen LogP contribution in [0, 0.1) is 0 Å². The van der Waals surface area contributed by atoms with Gasteiger partial charge in [-0.15, -0.1) is 24.8 Å². The summed E-state index contributed by atoms with van der Waals surface area (Å²) in [6.45, 7) is 3.91. The van der Waals surface area contributed by atoms with Crippen LogP contribution in [0.4, 0.5) is 5.82 Å². The SMILES string of the molecule is Cl.Cl.NCc1cccnc1N1CCOCC1. The predicted molar refractivity (Wildman–Crippen MR) is 69.7 cm³/mol. The highest BCUT2D eigenvalue weighted by molar-refractivity contribution is 5.85. The van der Waals surface area contributed by atoms with E-state index < -0.39 is 0 Å². The van der Waals surface area contributed by atoms with Crippen LogP contribution in [0.3, 0.4) is 0 Å². The van der Waals surface area contributed by atoms with Gasteiger partial charge in [0.25, 0.3) is 0 Å². The average molecular weight is 266 g/mol. The Morgan fingerprint density at radius 2 is 2.00 bits per heavy atom. The van der Waals surface area contributed by atoms with Crippen molar-refractivity contribution >= 4 is 30.6 Å². The zero-order valence-corrected chi connectivity index (χ0v) is 10.6. The number of rotatable bonds is 2. The van der Waals surface area contributed by atoms with Gasteiger partial charge in [-0.05, 0) is 6.07 Å². The lowest BCUT2D eigenvalue weighted by Gasteiger charge is -2.29. The van der Waals surface area contributed by atoms with Gasteiger partial charge in [0.1, 0.15) is 5.82 Å². The van der Waals surface area contributed by atoms with Gasteiger partial charge in [-0.1, -0.05) is 6.07 Å². The van der Waals surface area contributed by atoms with E-state index in [1.807, 2.05) is 18.3 Å². The maximum atomic E-state index is 5.66. The Bertz CT molecular complexity index is 306. The molecule has 2 rings (SSSR count). The summed E-state index contributed by atoms with van der Waals surface area (Å²) >= 11 is 0. The lowest BCUT2D eigenvalue weighted by atomic mass is 10.2. The zero-order chi connectivity index (χ0) is 9.80. The molecule has 0 radical (unpaired) electrons. The van der Waals surface area contributed by atoms with Gasteiger partial charge in [-0.25, -0.2) is 4.98 Å². The van der Waals surface area contributed by atoms with Crippen LogP contribution >= 0.6 is 24.8 Å². The van der Waals surface area contributed by atoms with E-state index in [2.05, 4.69) is 9.88 Å². The number of morpholine rings is 1. The number of hydrogen-bond acceptors (Lipinski definition) is 4. The first-order valence-electron chi connectivity index (χ1n) is 4.88. The van der Waals surface area contributed by atoms with Crippen LogP contribution in [0.2, 0.25) is 0 Å². The van der Waals surface area contributed by atoms with Crippen molar-refractivity contribution in [2.45, 2.75) is 6.54 Å². The smallest absolute Gasteiger partial charge is 0.133 e. The first-order chi connectivity index (χ1) is 6.92. The second kappa shape index (κ2) is 7.68. The normalized spacial score (nSPS) is 14.9. The molecule has 0 amide bonds. The molecule has 1 aromatic heterocycles. The van der Waals surface area contributed by atoms with Crippen molar-refractivity contribution in [3.8, 4) is 0 Å². The molecule has 0 saturated carbocycles. The van der Waals surface area contributed by atoms with Gasteiger partial charge in [0.05, 0.1) is 13.2 Å². The van der Waals surface area contributed by atoms with Gasteiger partial charge >= 0.3 is 0 Å². The van der Waals surface area contributed by atoms with Crippen molar-refractivity contribution in [1.82, 2.24) is 4.98 Å². The Kier molecular flexibility index (Phi) is 7.42. The lowest BCUT2D eigenvalue weighted by Crippen LogP contribution is -2.37. The van der Waals surface area contributed by atoms with Crippen LogP contribution in [0.15, 0.2) is 18.3 Å². The fraction of sp³-hybridized carbons (Fsp3) is 0.500. The average Bonchev–Trinajstić information content (AvgIpc) is 2.30. The number of halogens is 2. The third kappa shape index (κ3) is 3.49. The summed E-state index contributed by atoms with van der Waals surface area (Å²) in [7, 11) is 0. The maximum Gasteiger partial charge on any atom is 0.133 e. The largest absolute Gasteiger partial charge is 0.378 e. The van der Waals surface area contributed by atoms with E-state index in [1.165, 1.54) is 0 Å². The van der Waals surface area contributed by atoms with Gasteiger partial charge < -0.3 is 15.4 Å². The first kappa shape index (κ1) is 15.4. The summed E-state index contributed by atoms with van der Waals surface area (Å²) in [6.07, 6.45) is 1.81. The van der Waals surface area contributed by atoms with Gasteiger partial charge in [0.15, 0.2) is 0 Å². The van der Waals surface area contributed by atoms with Crippen molar-refractivity contribution in [1.29, 1.82) is 0 Å². The second-order valence-electron chi connectivity index (χ2n) is 3.29. The van der Waals surface area contributed by atoms with E-state index in [9.17, 15) is 0 Å². The molecule has 2 N–H and O–H groups in total. The molecule has 1 aliphatic rings. The van der Waals surface area contributed by atoms with E-state index in [4.69, 9.17) is 10.5 Å². The minimum Gasteiger partial charge on any atom is -0.378 e. The molecule has 1 saturated heterocycles. The third-order valence-electron chi connectivity index (χ3n) is 2.40. The highest BCUT2D eigenvalue weighted by atomic mass is 35.5. The van der Waals surface area contributed by atoms with Crippen LogP contribution in [0.5, 0.6) is 0 Å². The molecular weight excluding hydrogens is 249 g/mol. The Morgan fingerprint density at radius 1 is 1.31 bits per heavy atom. The predicted octanol–water partition coefficient (Wildman–Crippen LogP) is 1.22. The van der Waals surface area contributed by atoms with Crippen LogP contribution < -0.4 is 10.6 Å². The summed E-state index contributed by atoms with van der Waals surface area (Å²) in [5, 5.41) is 0. The number of aromatic nitrogens is 1. The molecule has 92 valence electrons. The first-order valence-corrected chi connectivity index (χ1v) is 4.88. The van der Waals surface area contributed by atoms with Gasteiger partial charge in [-0.3, -0.25) is 0 Å². The molecule has 2 heterocycles. The minimum absolute atomic E-state index is 0. The monoisotopic (exact) mass is 265 g/mol. The molecule has 0 aliphatic carbocycles. The highest BCUT2D eigenvalue weighted by Gasteiger charge is 2.14. The van der Waals surface area contributed by atoms with Gasteiger partial charge in [-0.2, -0.15) is 0 Å². The van der Waals surface area contributed by atoms with E-state index in [-0.39, 0.29) is 24.8 Å². The molecule has 1 aromatic rings. The number of pyridine rings is 1. The van der Waals surface area contributed by atoms with Gasteiger partial charge in [0, 0.05) is 31.4 Å². The van der Waals surface area contributed by atoms with E-state index in [1.54, 1.807) is 0 Å². The molecule has 0 aromatic carbocycles. The number of nitrogens with two attached hydrogens (primary N) is 1. The van der Waals surface area contributed by atoms with Crippen molar-refractivity contribution in [2.75, 3.05) is 31.2 Å². The molecule has 0 atom stereocenters. The summed E-state index contributed by atoms with van der Waals surface area (Å²) in [4.78, 5) is 6.59. The maximum absolute atomic E-state index is 5.66. The lowest BCUT2D eigenvalue weighted by molar-refractivity contribution is 0.122. The summed E-state index contributed by atoms with van der Waals surface area (Å²) in [5.41, 5.74) is 6.77. The molecule has 4 nitrogen and oxygen atoms in total. The van der Waals surface area contributed by atoms with Crippen molar-refractivity contribution < 1.29 is 4.74 Å². The second-order valence-corrected chi connectivity index (χ2v) is 3.29. The molecule has 1 aliphatic heterocycles. The molecular formula is C10H17Cl2N3O. The molecule has 0 spiro atoms. The van der Waals surface area contributed by atoms with Crippen molar-refractivity contribution in [3.63, 3.8) is 0 Å². The highest BCUT2D eigenvalue weighted by Crippen LogP contribution is 2.17. The zero-order valence-electron chi connectivity index (χ0n) is 8.96. The summed E-state index contributed by atoms with van der Waals surface area (Å²) in [6, 6.07) is 3.95. The Balaban J connectivity index is 0.00000112. The minimum atomic E-state index is 0. The topological polar surface area (TPSA) is 51.4 Å². The summed E-state index contributed by atoms with van der Waals surface area (Å²) < 4.78 is 5.29. The third-order valence-corrected chi connectivity index (χ3v) is 2.40. The van der Waals surface area contributed by atoms with Crippen molar-refractivity contribution in [3.05, 3.63) is 23.9 Å². The number of anilines is 1. The van der Waals surface area contributed by atoms with E-state index >= 15 is 0 Å². The van der Waals surface area contributed by atoms with Crippen molar-refractivity contribution in [2.24, 2.45) is 5.73 Å². The van der Waals surface area contributed by atoms with Crippen LogP contribution in [0.25, 0.3) is 0 Å². The Morgan fingerprint density at radius 3 is 2.62 bits per heavy atom. The van der Waals surface area contributed by atoms with Gasteiger partial charge in [0.2, 0.25) is 0 Å². The van der Waals surface area contributed by atoms with Crippen LogP contribution in [-0.4, -0.2) is 31.3 Å². The number of hydrogen-bond donors (Lipinski definition) is 1. The molecule has 16 heavy (non-hydrogen) atoms. The molecule has 0 unspecified atom stereocenters. The fourth-order valence-corrected chi connectivity index (χ4v) is 1.65.